The highest BCUT2D eigenvalue weighted by molar-refractivity contribution is 6.32. The molecule has 2 N–H and O–H groups in total. The molecule has 0 saturated carbocycles. The van der Waals surface area contributed by atoms with E-state index in [1.807, 2.05) is 37.3 Å². The lowest BCUT2D eigenvalue weighted by Crippen LogP contribution is -2.39. The summed E-state index contributed by atoms with van der Waals surface area (Å²) < 4.78 is 0. The van der Waals surface area contributed by atoms with Crippen molar-refractivity contribution in [3.63, 3.8) is 0 Å². The molecule has 3 aromatic carbocycles. The van der Waals surface area contributed by atoms with Crippen LogP contribution in [-0.2, 0) is 10.4 Å². The Bertz CT molecular complexity index is 1140. The first-order valence-corrected chi connectivity index (χ1v) is 9.19. The van der Waals surface area contributed by atoms with Crippen molar-refractivity contribution < 1.29 is 9.90 Å². The first-order chi connectivity index (χ1) is 13.9. The number of nitrogens with zero attached hydrogens (tertiary/aromatic N) is 1. The third-order valence-electron chi connectivity index (χ3n) is 4.31. The molecule has 0 aromatic heterocycles. The van der Waals surface area contributed by atoms with Crippen LogP contribution in [0.15, 0.2) is 72.8 Å². The van der Waals surface area contributed by atoms with Gasteiger partial charge in [0.25, 0.3) is 5.91 Å². The monoisotopic (exact) mass is 400 g/mol. The predicted octanol–water partition coefficient (Wildman–Crippen LogP) is 4.40. The zero-order valence-corrected chi connectivity index (χ0v) is 16.4. The lowest BCUT2D eigenvalue weighted by Gasteiger charge is -2.22. The lowest BCUT2D eigenvalue weighted by molar-refractivity contribution is -0.129. The molecule has 142 valence electrons. The van der Waals surface area contributed by atoms with E-state index in [-0.39, 0.29) is 5.02 Å². The Morgan fingerprint density at radius 3 is 2.38 bits per heavy atom. The van der Waals surface area contributed by atoms with Gasteiger partial charge in [0, 0.05) is 16.8 Å². The molecule has 5 heteroatoms. The van der Waals surface area contributed by atoms with E-state index >= 15 is 0 Å². The van der Waals surface area contributed by atoms with Gasteiger partial charge in [-0.05, 0) is 43.2 Å². The molecule has 4 nitrogen and oxygen atoms in total. The van der Waals surface area contributed by atoms with Crippen LogP contribution < -0.4 is 5.32 Å². The maximum absolute atomic E-state index is 13.0. The van der Waals surface area contributed by atoms with Gasteiger partial charge in [0.2, 0.25) is 5.60 Å². The van der Waals surface area contributed by atoms with E-state index in [9.17, 15) is 9.90 Å². The molecule has 0 saturated heterocycles. The van der Waals surface area contributed by atoms with Crippen LogP contribution in [0.2, 0.25) is 5.02 Å². The number of hydrogen-bond acceptors (Lipinski definition) is 3. The molecule has 0 heterocycles. The second-order valence-electron chi connectivity index (χ2n) is 6.45. The van der Waals surface area contributed by atoms with Gasteiger partial charge >= 0.3 is 0 Å². The number of anilines is 1. The van der Waals surface area contributed by atoms with Crippen LogP contribution in [0.25, 0.3) is 0 Å². The highest BCUT2D eigenvalue weighted by Gasteiger charge is 2.36. The van der Waals surface area contributed by atoms with Gasteiger partial charge in [-0.15, -0.1) is 0 Å². The Morgan fingerprint density at radius 2 is 1.76 bits per heavy atom. The van der Waals surface area contributed by atoms with Gasteiger partial charge in [0.1, 0.15) is 6.07 Å². The minimum atomic E-state index is -2.08. The Labute approximate surface area is 174 Å². The third kappa shape index (κ3) is 4.65. The van der Waals surface area contributed by atoms with Gasteiger partial charge in [-0.25, -0.2) is 0 Å². The van der Waals surface area contributed by atoms with Gasteiger partial charge in [-0.1, -0.05) is 65.5 Å². The minimum absolute atomic E-state index is 0.208. The van der Waals surface area contributed by atoms with Crippen LogP contribution in [0.4, 0.5) is 5.69 Å². The molecular weight excluding hydrogens is 384 g/mol. The van der Waals surface area contributed by atoms with Crippen LogP contribution in [0.5, 0.6) is 0 Å². The quantitative estimate of drug-likeness (QED) is 0.640. The number of aryl methyl sites for hydroxylation is 1. The standard InChI is InChI=1S/C24H17ClN2O2/c1-17-7-9-18(10-8-17)13-14-24(29,20-5-3-2-4-6-20)23(28)27-21-12-11-19(16-26)22(25)15-21/h2-12,15,29H,1H3,(H,27,28). The molecule has 0 aliphatic heterocycles. The fourth-order valence-electron chi connectivity index (χ4n) is 2.64. The predicted molar refractivity (Wildman–Crippen MR) is 113 cm³/mol. The fraction of sp³-hybridized carbons (Fsp3) is 0.0833. The summed E-state index contributed by atoms with van der Waals surface area (Å²) in [6.07, 6.45) is 0. The van der Waals surface area contributed by atoms with Crippen LogP contribution >= 0.6 is 11.6 Å². The van der Waals surface area contributed by atoms with Gasteiger partial charge in [0.05, 0.1) is 10.6 Å². The smallest absolute Gasteiger partial charge is 0.273 e. The summed E-state index contributed by atoms with van der Waals surface area (Å²) in [4.78, 5) is 13.0. The summed E-state index contributed by atoms with van der Waals surface area (Å²) in [6.45, 7) is 1.97. The number of halogens is 1. The second-order valence-corrected chi connectivity index (χ2v) is 6.86. The average Bonchev–Trinajstić information content (AvgIpc) is 2.74. The minimum Gasteiger partial charge on any atom is -0.366 e. The summed E-state index contributed by atoms with van der Waals surface area (Å²) >= 11 is 6.03. The van der Waals surface area contributed by atoms with Crippen LogP contribution in [-0.4, -0.2) is 11.0 Å². The van der Waals surface area contributed by atoms with E-state index in [0.717, 1.165) is 5.56 Å². The summed E-state index contributed by atoms with van der Waals surface area (Å²) in [7, 11) is 0. The van der Waals surface area contributed by atoms with Crippen molar-refractivity contribution in [3.8, 4) is 17.9 Å². The highest BCUT2D eigenvalue weighted by Crippen LogP contribution is 2.25. The number of carbonyl (C=O) groups is 1. The lowest BCUT2D eigenvalue weighted by atomic mass is 9.92. The number of aliphatic hydroxyl groups is 1. The molecule has 0 aliphatic rings. The Morgan fingerprint density at radius 1 is 1.07 bits per heavy atom. The largest absolute Gasteiger partial charge is 0.366 e. The molecule has 0 aliphatic carbocycles. The number of carbonyl (C=O) groups excluding carboxylic acids is 1. The topological polar surface area (TPSA) is 73.1 Å². The maximum atomic E-state index is 13.0. The normalized spacial score (nSPS) is 12.1. The van der Waals surface area contributed by atoms with Gasteiger partial charge in [0.15, 0.2) is 0 Å². The van der Waals surface area contributed by atoms with Crippen molar-refractivity contribution in [2.24, 2.45) is 0 Å². The highest BCUT2D eigenvalue weighted by atomic mass is 35.5. The second kappa shape index (κ2) is 8.63. The van der Waals surface area contributed by atoms with E-state index in [1.54, 1.807) is 36.4 Å². The molecule has 29 heavy (non-hydrogen) atoms. The van der Waals surface area contributed by atoms with Gasteiger partial charge in [-0.2, -0.15) is 5.26 Å². The first-order valence-electron chi connectivity index (χ1n) is 8.81. The van der Waals surface area contributed by atoms with Crippen molar-refractivity contribution in [1.82, 2.24) is 0 Å². The van der Waals surface area contributed by atoms with E-state index < -0.39 is 11.5 Å². The van der Waals surface area contributed by atoms with Crippen molar-refractivity contribution in [3.05, 3.63) is 100 Å². The third-order valence-corrected chi connectivity index (χ3v) is 4.62. The molecule has 0 fully saturated rings. The summed E-state index contributed by atoms with van der Waals surface area (Å²) in [5.41, 5.74) is 0.681. The Hall–Kier alpha value is -3.57. The molecule has 0 bridgehead atoms. The van der Waals surface area contributed by atoms with E-state index in [0.29, 0.717) is 22.4 Å². The van der Waals surface area contributed by atoms with Crippen LogP contribution in [0.1, 0.15) is 22.3 Å². The number of nitrogens with one attached hydrogen (secondary N) is 1. The summed E-state index contributed by atoms with van der Waals surface area (Å²) in [5.74, 6) is 4.87. The number of amides is 1. The zero-order valence-electron chi connectivity index (χ0n) is 15.6. The van der Waals surface area contributed by atoms with E-state index in [1.165, 1.54) is 12.1 Å². The molecule has 3 rings (SSSR count). The Kier molecular flexibility index (Phi) is 6.00. The van der Waals surface area contributed by atoms with Crippen molar-refractivity contribution in [1.29, 1.82) is 5.26 Å². The van der Waals surface area contributed by atoms with E-state index in [2.05, 4.69) is 17.2 Å². The fourth-order valence-corrected chi connectivity index (χ4v) is 2.87. The molecular formula is C24H17ClN2O2. The molecule has 3 aromatic rings. The van der Waals surface area contributed by atoms with Crippen LogP contribution in [0.3, 0.4) is 0 Å². The first kappa shape index (κ1) is 20.2. The zero-order chi connectivity index (χ0) is 20.9. The number of nitriles is 1. The summed E-state index contributed by atoms with van der Waals surface area (Å²) in [6, 6.07) is 22.4. The van der Waals surface area contributed by atoms with Crippen molar-refractivity contribution >= 4 is 23.2 Å². The SMILES string of the molecule is Cc1ccc(C#CC(O)(C(=O)Nc2ccc(C#N)c(Cl)c2)c2ccccc2)cc1. The molecule has 0 spiro atoms. The van der Waals surface area contributed by atoms with Gasteiger partial charge in [-0.3, -0.25) is 4.79 Å². The van der Waals surface area contributed by atoms with E-state index in [4.69, 9.17) is 16.9 Å². The molecule has 1 atom stereocenters. The average molecular weight is 401 g/mol. The number of rotatable bonds is 3. The molecule has 1 amide bonds. The number of hydrogen-bond donors (Lipinski definition) is 2. The van der Waals surface area contributed by atoms with Crippen LogP contribution in [0, 0.1) is 30.1 Å². The Balaban J connectivity index is 1.97. The van der Waals surface area contributed by atoms with Crippen molar-refractivity contribution in [2.45, 2.75) is 12.5 Å². The maximum Gasteiger partial charge on any atom is 0.273 e. The molecule has 1 unspecified atom stereocenters. The van der Waals surface area contributed by atoms with Gasteiger partial charge < -0.3 is 10.4 Å². The van der Waals surface area contributed by atoms with Crippen molar-refractivity contribution in [2.75, 3.05) is 5.32 Å². The summed E-state index contributed by atoms with van der Waals surface area (Å²) in [5, 5.41) is 23.1. The number of benzene rings is 3. The molecule has 0 radical (unpaired) electrons.